The Labute approximate surface area is 116 Å². The molecule has 1 heterocycles. The molecule has 0 aliphatic carbocycles. The van der Waals surface area contributed by atoms with Gasteiger partial charge in [-0.2, -0.15) is 0 Å². The predicted octanol–water partition coefficient (Wildman–Crippen LogP) is 0.659. The van der Waals surface area contributed by atoms with Gasteiger partial charge in [-0.15, -0.1) is 0 Å². The Morgan fingerprint density at radius 2 is 2.11 bits per heavy atom. The third-order valence-electron chi connectivity index (χ3n) is 3.80. The molecule has 1 aliphatic heterocycles. The second-order valence-electron chi connectivity index (χ2n) is 5.67. The lowest BCUT2D eigenvalue weighted by molar-refractivity contribution is -0.142. The number of carbonyl (C=O) groups excluding carboxylic acids is 1. The first-order chi connectivity index (χ1) is 8.81. The fourth-order valence-corrected chi connectivity index (χ4v) is 3.36. The van der Waals surface area contributed by atoms with Gasteiger partial charge in [0.2, 0.25) is 5.91 Å². The Morgan fingerprint density at radius 1 is 1.42 bits per heavy atom. The molecule has 1 atom stereocenters. The van der Waals surface area contributed by atoms with E-state index in [2.05, 4.69) is 12.2 Å². The van der Waals surface area contributed by atoms with Crippen LogP contribution in [0.1, 0.15) is 32.6 Å². The van der Waals surface area contributed by atoms with Gasteiger partial charge in [-0.05, 0) is 25.8 Å². The fraction of sp³-hybridized carbons (Fsp3) is 0.923. The smallest absolute Gasteiger partial charge is 0.229 e. The highest BCUT2D eigenvalue weighted by Crippen LogP contribution is 2.33. The summed E-state index contributed by atoms with van der Waals surface area (Å²) in [6.45, 7) is 4.04. The number of carbonyl (C=O) groups is 1. The first kappa shape index (κ1) is 16.4. The van der Waals surface area contributed by atoms with Crippen LogP contribution in [0.3, 0.4) is 0 Å². The van der Waals surface area contributed by atoms with Crippen molar-refractivity contribution in [3.63, 3.8) is 0 Å². The number of hydrogen-bond acceptors (Lipinski definition) is 4. The maximum Gasteiger partial charge on any atom is 0.229 e. The summed E-state index contributed by atoms with van der Waals surface area (Å²) in [5, 5.41) is 3.30. The van der Waals surface area contributed by atoms with Gasteiger partial charge in [-0.3, -0.25) is 4.79 Å². The Morgan fingerprint density at radius 3 is 2.58 bits per heavy atom. The molecule has 0 saturated carbocycles. The lowest BCUT2D eigenvalue weighted by Gasteiger charge is -2.39. The highest BCUT2D eigenvalue weighted by Gasteiger charge is 2.40. The molecule has 0 bridgehead atoms. The van der Waals surface area contributed by atoms with E-state index in [-0.39, 0.29) is 23.6 Å². The van der Waals surface area contributed by atoms with Gasteiger partial charge in [-0.1, -0.05) is 13.3 Å². The number of nitrogens with one attached hydrogen (secondary N) is 1. The molecule has 1 aliphatic rings. The van der Waals surface area contributed by atoms with E-state index in [1.807, 2.05) is 0 Å². The predicted molar refractivity (Wildman–Crippen MR) is 76.8 cm³/mol. The van der Waals surface area contributed by atoms with Crippen molar-refractivity contribution in [2.75, 3.05) is 38.7 Å². The van der Waals surface area contributed by atoms with Crippen LogP contribution in [0, 0.1) is 5.41 Å². The van der Waals surface area contributed by atoms with E-state index in [9.17, 15) is 13.2 Å². The summed E-state index contributed by atoms with van der Waals surface area (Å²) in [4.78, 5) is 14.2. The molecule has 1 unspecified atom stereocenters. The van der Waals surface area contributed by atoms with Crippen LogP contribution in [-0.2, 0) is 14.6 Å². The Balaban J connectivity index is 2.70. The van der Waals surface area contributed by atoms with Crippen molar-refractivity contribution >= 4 is 15.7 Å². The Hall–Kier alpha value is -0.620. The summed E-state index contributed by atoms with van der Waals surface area (Å²) < 4.78 is 22.4. The topological polar surface area (TPSA) is 66.5 Å². The molecule has 6 heteroatoms. The van der Waals surface area contributed by atoms with Gasteiger partial charge < -0.3 is 10.2 Å². The first-order valence-corrected chi connectivity index (χ1v) is 9.01. The summed E-state index contributed by atoms with van der Waals surface area (Å²) >= 11 is 0. The van der Waals surface area contributed by atoms with Gasteiger partial charge in [0.25, 0.3) is 0 Å². The quantitative estimate of drug-likeness (QED) is 0.780. The van der Waals surface area contributed by atoms with Crippen LogP contribution >= 0.6 is 0 Å². The summed E-state index contributed by atoms with van der Waals surface area (Å²) in [6.07, 6.45) is 4.94. The molecule has 19 heavy (non-hydrogen) atoms. The van der Waals surface area contributed by atoms with Gasteiger partial charge in [0.05, 0.1) is 11.2 Å². The third kappa shape index (κ3) is 4.76. The number of sulfone groups is 1. The summed E-state index contributed by atoms with van der Waals surface area (Å²) in [5.41, 5.74) is -0.334. The van der Waals surface area contributed by atoms with E-state index in [1.165, 1.54) is 6.26 Å². The number of nitrogens with zero attached hydrogens (tertiary/aromatic N) is 1. The number of amides is 1. The highest BCUT2D eigenvalue weighted by atomic mass is 32.2. The molecule has 112 valence electrons. The van der Waals surface area contributed by atoms with Crippen molar-refractivity contribution in [2.45, 2.75) is 32.6 Å². The van der Waals surface area contributed by atoms with Crippen molar-refractivity contribution in [1.82, 2.24) is 10.2 Å². The van der Waals surface area contributed by atoms with Crippen LogP contribution in [0.4, 0.5) is 0 Å². The normalized spacial score (nSPS) is 24.2. The molecule has 1 fully saturated rings. The molecule has 0 aromatic heterocycles. The minimum Gasteiger partial charge on any atom is -0.344 e. The fourth-order valence-electron chi connectivity index (χ4n) is 2.76. The zero-order chi connectivity index (χ0) is 14.5. The molecule has 1 N–H and O–H groups in total. The monoisotopic (exact) mass is 290 g/mol. The minimum absolute atomic E-state index is 0.0326. The van der Waals surface area contributed by atoms with E-state index in [0.717, 1.165) is 32.2 Å². The molecule has 0 spiro atoms. The zero-order valence-electron chi connectivity index (χ0n) is 12.2. The van der Waals surface area contributed by atoms with E-state index in [4.69, 9.17) is 0 Å². The van der Waals surface area contributed by atoms with E-state index in [0.29, 0.717) is 6.54 Å². The number of piperidine rings is 1. The van der Waals surface area contributed by atoms with E-state index >= 15 is 0 Å². The first-order valence-electron chi connectivity index (χ1n) is 6.95. The van der Waals surface area contributed by atoms with Gasteiger partial charge in [0.1, 0.15) is 9.84 Å². The van der Waals surface area contributed by atoms with E-state index < -0.39 is 9.84 Å². The Kier molecular flexibility index (Phi) is 5.80. The van der Waals surface area contributed by atoms with Gasteiger partial charge >= 0.3 is 0 Å². The minimum atomic E-state index is -3.03. The Bertz CT molecular complexity index is 395. The molecule has 1 amide bonds. The van der Waals surface area contributed by atoms with Crippen molar-refractivity contribution < 1.29 is 13.2 Å². The molecule has 1 saturated heterocycles. The largest absolute Gasteiger partial charge is 0.344 e. The summed E-state index contributed by atoms with van der Waals surface area (Å²) in [6, 6.07) is 0. The molecular formula is C13H26N2O3S. The molecule has 5 nitrogen and oxygen atoms in total. The maximum atomic E-state index is 12.6. The molecule has 1 rings (SSSR count). The van der Waals surface area contributed by atoms with Crippen LogP contribution in [0.25, 0.3) is 0 Å². The SMILES string of the molecule is CCCC1(C(=O)N(C)CCS(C)(=O)=O)CCCNC1. The van der Waals surface area contributed by atoms with Gasteiger partial charge in [-0.25, -0.2) is 8.42 Å². The lowest BCUT2D eigenvalue weighted by atomic mass is 9.76. The molecule has 0 radical (unpaired) electrons. The van der Waals surface area contributed by atoms with Gasteiger partial charge in [0, 0.05) is 26.4 Å². The molecule has 0 aromatic rings. The summed E-state index contributed by atoms with van der Waals surface area (Å²) in [5.74, 6) is 0.121. The lowest BCUT2D eigenvalue weighted by Crippen LogP contribution is -2.51. The second-order valence-corrected chi connectivity index (χ2v) is 7.93. The average Bonchev–Trinajstić information content (AvgIpc) is 2.35. The maximum absolute atomic E-state index is 12.6. The number of hydrogen-bond donors (Lipinski definition) is 1. The standard InChI is InChI=1S/C13H26N2O3S/c1-4-6-13(7-5-8-14-11-13)12(16)15(2)9-10-19(3,17)18/h14H,4-11H2,1-3H3. The van der Waals surface area contributed by atoms with Crippen molar-refractivity contribution in [3.05, 3.63) is 0 Å². The zero-order valence-corrected chi connectivity index (χ0v) is 13.1. The highest BCUT2D eigenvalue weighted by molar-refractivity contribution is 7.90. The number of rotatable bonds is 6. The third-order valence-corrected chi connectivity index (χ3v) is 4.72. The van der Waals surface area contributed by atoms with Crippen LogP contribution in [0.15, 0.2) is 0 Å². The van der Waals surface area contributed by atoms with Crippen LogP contribution < -0.4 is 5.32 Å². The molecule has 0 aromatic carbocycles. The van der Waals surface area contributed by atoms with Crippen molar-refractivity contribution in [3.8, 4) is 0 Å². The van der Waals surface area contributed by atoms with E-state index in [1.54, 1.807) is 11.9 Å². The second kappa shape index (κ2) is 6.70. The molecular weight excluding hydrogens is 264 g/mol. The van der Waals surface area contributed by atoms with Crippen molar-refractivity contribution in [1.29, 1.82) is 0 Å². The van der Waals surface area contributed by atoms with Crippen LogP contribution in [-0.4, -0.2) is 57.9 Å². The van der Waals surface area contributed by atoms with Crippen LogP contribution in [0.2, 0.25) is 0 Å². The van der Waals surface area contributed by atoms with Gasteiger partial charge in [0.15, 0.2) is 0 Å². The summed E-state index contributed by atoms with van der Waals surface area (Å²) in [7, 11) is -1.32. The van der Waals surface area contributed by atoms with Crippen LogP contribution in [0.5, 0.6) is 0 Å². The van der Waals surface area contributed by atoms with Crippen molar-refractivity contribution in [2.24, 2.45) is 5.41 Å². The average molecular weight is 290 g/mol.